The summed E-state index contributed by atoms with van der Waals surface area (Å²) in [5, 5.41) is 33.8. The van der Waals surface area contributed by atoms with E-state index in [4.69, 9.17) is 18.9 Å². The number of rotatable bonds is 4. The van der Waals surface area contributed by atoms with E-state index in [1.165, 1.54) is 25.3 Å². The number of ether oxygens (including phenoxy) is 4. The molecule has 2 aliphatic carbocycles. The van der Waals surface area contributed by atoms with Crippen molar-refractivity contribution in [3.05, 3.63) is 58.7 Å². The molecule has 3 aromatic rings. The average Bonchev–Trinajstić information content (AvgIpc) is 3.11. The molecule has 234 valence electrons. The van der Waals surface area contributed by atoms with Crippen molar-refractivity contribution in [1.29, 1.82) is 0 Å². The van der Waals surface area contributed by atoms with Gasteiger partial charge in [-0.15, -0.1) is 0 Å². The molecule has 2 aliphatic heterocycles. The van der Waals surface area contributed by atoms with E-state index in [1.54, 1.807) is 25.3 Å². The van der Waals surface area contributed by atoms with E-state index in [2.05, 4.69) is 6.92 Å². The molecule has 0 spiro atoms. The molecule has 9 heteroatoms. The highest BCUT2D eigenvalue weighted by Crippen LogP contribution is 2.59. The lowest BCUT2D eigenvalue weighted by Crippen LogP contribution is -2.40. The third-order valence-electron chi connectivity index (χ3n) is 10.4. The van der Waals surface area contributed by atoms with Crippen LogP contribution < -0.4 is 18.9 Å². The van der Waals surface area contributed by atoms with Crippen molar-refractivity contribution in [2.24, 2.45) is 11.8 Å². The van der Waals surface area contributed by atoms with E-state index >= 15 is 0 Å². The third-order valence-corrected chi connectivity index (χ3v) is 13.3. The van der Waals surface area contributed by atoms with E-state index in [9.17, 15) is 15.3 Å². The Bertz CT molecular complexity index is 1550. The van der Waals surface area contributed by atoms with Gasteiger partial charge in [0.2, 0.25) is 5.75 Å². The molecule has 4 bridgehead atoms. The zero-order chi connectivity index (χ0) is 30.7. The van der Waals surface area contributed by atoms with Gasteiger partial charge in [0.05, 0.1) is 21.3 Å². The van der Waals surface area contributed by atoms with Gasteiger partial charge in [-0.1, -0.05) is 34.6 Å². The van der Waals surface area contributed by atoms with Crippen molar-refractivity contribution in [3.8, 4) is 45.6 Å². The second kappa shape index (κ2) is 11.8. The van der Waals surface area contributed by atoms with Crippen molar-refractivity contribution in [1.82, 2.24) is 0 Å². The molecule has 1 saturated heterocycles. The predicted molar refractivity (Wildman–Crippen MR) is 175 cm³/mol. The van der Waals surface area contributed by atoms with Crippen LogP contribution in [0.2, 0.25) is 0 Å². The minimum Gasteiger partial charge on any atom is -0.508 e. The Kier molecular flexibility index (Phi) is 8.00. The highest BCUT2D eigenvalue weighted by Gasteiger charge is 2.47. The maximum absolute atomic E-state index is 12.4. The molecular weight excluding hydrogens is 597 g/mol. The molecule has 7 atom stereocenters. The summed E-state index contributed by atoms with van der Waals surface area (Å²) in [5.74, 6) is 4.44. The summed E-state index contributed by atoms with van der Waals surface area (Å²) in [7, 11) is 8.53. The fraction of sp³-hybridized carbons (Fsp3) is 0.486. The van der Waals surface area contributed by atoms with Crippen LogP contribution in [0.5, 0.6) is 34.5 Å². The largest absolute Gasteiger partial charge is 0.508 e. The number of aliphatic hydroxyl groups is 1. The highest BCUT2D eigenvalue weighted by molar-refractivity contribution is 8.76. The molecular formula is C35H40O7S2. The summed E-state index contributed by atoms with van der Waals surface area (Å²) in [6, 6.07) is 11.2. The summed E-state index contributed by atoms with van der Waals surface area (Å²) in [5.41, 5.74) is 6.26. The Morgan fingerprint density at radius 2 is 1.66 bits per heavy atom. The van der Waals surface area contributed by atoms with Crippen LogP contribution in [0.15, 0.2) is 36.4 Å². The number of phenols is 2. The monoisotopic (exact) mass is 636 g/mol. The molecule has 2 heterocycles. The smallest absolute Gasteiger partial charge is 0.200 e. The Morgan fingerprint density at radius 1 is 0.909 bits per heavy atom. The summed E-state index contributed by atoms with van der Waals surface area (Å²) in [6.45, 7) is 2.40. The molecule has 0 amide bonds. The zero-order valence-electron chi connectivity index (χ0n) is 25.5. The first kappa shape index (κ1) is 29.8. The average molecular weight is 637 g/mol. The topological polar surface area (TPSA) is 97.6 Å². The maximum Gasteiger partial charge on any atom is 0.200 e. The van der Waals surface area contributed by atoms with E-state index < -0.39 is 12.2 Å². The van der Waals surface area contributed by atoms with Crippen LogP contribution in [0.3, 0.4) is 0 Å². The molecule has 3 aromatic carbocycles. The molecule has 1 fully saturated rings. The first-order valence-corrected chi connectivity index (χ1v) is 17.9. The standard InChI is InChI=1S/C35H40O7S2/c1-17-9-10-43-44-29-8-5-18(17)11-19-12-24-30(22-7-6-21(36)15-23(19)22)25(39-2)16-26-31(24)32(29)34(38)35(42-26)20-13-27(40-3)33(37)28(14-20)41-4/h6-7,13-19,29,32,34-38H,5,8-12H2,1-4H3/t17-,18+,19-,29+,32-,34-,35+/m1/s1. The second-order valence-electron chi connectivity index (χ2n) is 12.6. The van der Waals surface area contributed by atoms with Crippen LogP contribution in [0.25, 0.3) is 11.1 Å². The van der Waals surface area contributed by atoms with Crippen LogP contribution in [0.1, 0.15) is 72.8 Å². The molecule has 0 aromatic heterocycles. The molecule has 3 N–H and O–H groups in total. The molecule has 0 saturated carbocycles. The lowest BCUT2D eigenvalue weighted by atomic mass is 9.67. The van der Waals surface area contributed by atoms with Gasteiger partial charge in [0.15, 0.2) is 17.6 Å². The minimum absolute atomic E-state index is 0.0852. The van der Waals surface area contributed by atoms with Crippen LogP contribution in [-0.2, 0) is 6.42 Å². The van der Waals surface area contributed by atoms with Gasteiger partial charge in [0.25, 0.3) is 0 Å². The van der Waals surface area contributed by atoms with E-state index in [0.29, 0.717) is 17.4 Å². The Labute approximate surface area is 266 Å². The van der Waals surface area contributed by atoms with Gasteiger partial charge < -0.3 is 34.3 Å². The fourth-order valence-electron chi connectivity index (χ4n) is 8.10. The zero-order valence-corrected chi connectivity index (χ0v) is 27.2. The number of benzene rings is 3. The van der Waals surface area contributed by atoms with Crippen molar-refractivity contribution in [3.63, 3.8) is 0 Å². The molecule has 4 aliphatic rings. The Balaban J connectivity index is 1.48. The van der Waals surface area contributed by atoms with Crippen molar-refractivity contribution >= 4 is 21.6 Å². The van der Waals surface area contributed by atoms with Gasteiger partial charge in [-0.25, -0.2) is 0 Å². The Morgan fingerprint density at radius 3 is 2.39 bits per heavy atom. The second-order valence-corrected chi connectivity index (χ2v) is 15.4. The SMILES string of the molecule is COc1cc([C@@H]2Oc3cc(OC)c4c5c3[C@H]([C@H]2O)[C@@H]2CC[C@@H](C[C@H](C5)c3cc(O)ccc3-4)[C@H](C)CCSS2)cc(OC)c1O. The van der Waals surface area contributed by atoms with Crippen LogP contribution in [-0.4, -0.2) is 53.8 Å². The third kappa shape index (κ3) is 4.86. The maximum atomic E-state index is 12.4. The van der Waals surface area contributed by atoms with Gasteiger partial charge in [-0.05, 0) is 90.8 Å². The normalized spacial score (nSPS) is 28.9. The van der Waals surface area contributed by atoms with E-state index in [-0.39, 0.29) is 40.1 Å². The van der Waals surface area contributed by atoms with Gasteiger partial charge in [-0.2, -0.15) is 0 Å². The van der Waals surface area contributed by atoms with Gasteiger partial charge in [-0.3, -0.25) is 0 Å². The van der Waals surface area contributed by atoms with E-state index in [1.807, 2.05) is 39.8 Å². The molecule has 0 unspecified atom stereocenters. The molecule has 0 radical (unpaired) electrons. The molecule has 7 nitrogen and oxygen atoms in total. The number of hydrogen-bond donors (Lipinski definition) is 3. The highest BCUT2D eigenvalue weighted by atomic mass is 33.1. The molecule has 7 rings (SSSR count). The predicted octanol–water partition coefficient (Wildman–Crippen LogP) is 7.60. The minimum atomic E-state index is -0.854. The van der Waals surface area contributed by atoms with E-state index in [0.717, 1.165) is 66.0 Å². The first-order valence-electron chi connectivity index (χ1n) is 15.5. The summed E-state index contributed by atoms with van der Waals surface area (Å²) in [4.78, 5) is 0. The van der Waals surface area contributed by atoms with Crippen LogP contribution in [0.4, 0.5) is 0 Å². The lowest BCUT2D eigenvalue weighted by Gasteiger charge is -2.44. The van der Waals surface area contributed by atoms with Crippen molar-refractivity contribution < 1.29 is 34.3 Å². The number of aromatic hydroxyl groups is 2. The Hall–Kier alpha value is -2.88. The van der Waals surface area contributed by atoms with Crippen LogP contribution >= 0.6 is 21.6 Å². The number of fused-ring (bicyclic) bond motifs is 8. The van der Waals surface area contributed by atoms with Gasteiger partial charge >= 0.3 is 0 Å². The summed E-state index contributed by atoms with van der Waals surface area (Å²) >= 11 is 0. The lowest BCUT2D eigenvalue weighted by molar-refractivity contribution is -0.00259. The number of aliphatic hydroxyl groups excluding tert-OH is 1. The van der Waals surface area contributed by atoms with Crippen LogP contribution in [0, 0.1) is 11.8 Å². The quantitative estimate of drug-likeness (QED) is 0.250. The fourth-order valence-corrected chi connectivity index (χ4v) is 11.2. The van der Waals surface area contributed by atoms with Gasteiger partial charge in [0.1, 0.15) is 23.4 Å². The number of phenolic OH excluding ortho intramolecular Hbond substituents is 2. The van der Waals surface area contributed by atoms with Crippen molar-refractivity contribution in [2.75, 3.05) is 27.1 Å². The number of hydrogen-bond acceptors (Lipinski definition) is 9. The summed E-state index contributed by atoms with van der Waals surface area (Å²) in [6.07, 6.45) is 3.55. The van der Waals surface area contributed by atoms with Gasteiger partial charge in [0, 0.05) is 39.7 Å². The summed E-state index contributed by atoms with van der Waals surface area (Å²) < 4.78 is 23.8. The molecule has 44 heavy (non-hydrogen) atoms. The first-order chi connectivity index (χ1) is 21.3. The number of methoxy groups -OCH3 is 3. The van der Waals surface area contributed by atoms with Crippen molar-refractivity contribution in [2.45, 2.75) is 68.3 Å².